The Labute approximate surface area is 226 Å². The van der Waals surface area contributed by atoms with E-state index in [0.29, 0.717) is 16.6 Å². The number of nitrogens with zero attached hydrogens (tertiary/aromatic N) is 3. The Balaban J connectivity index is 0.00000121. The van der Waals surface area contributed by atoms with Crippen molar-refractivity contribution in [3.63, 3.8) is 0 Å². The van der Waals surface area contributed by atoms with Gasteiger partial charge in [-0.2, -0.15) is 14.7 Å². The van der Waals surface area contributed by atoms with Crippen LogP contribution in [-0.2, 0) is 16.1 Å². The molecule has 2 aromatic carbocycles. The number of aryl methyl sites for hydroxylation is 1. The van der Waals surface area contributed by atoms with E-state index in [2.05, 4.69) is 58.7 Å². The molecule has 1 saturated heterocycles. The summed E-state index contributed by atoms with van der Waals surface area (Å²) in [5.74, 6) is 0. The maximum absolute atomic E-state index is 13.5. The largest absolute Gasteiger partial charge is 0.373 e. The summed E-state index contributed by atoms with van der Waals surface area (Å²) < 4.78 is 0. The standard InChI is InChI=1S/C26H31Cl2N5O.CO2/c1-17-4-6-19(7-5-17)16-33(21-10-12-32(3)13-11-21)26(34)31-18(2)22-8-9-23(25(28)24(22)27)20-14-29-30-15-20;2-1-3/h4-9,14-15,18,21H,10-13,16H2,1-3H3,(H,29,30)(H,31,34);. The SMILES string of the molecule is Cc1ccc(CN(C(=O)NC(C)c2ccc(-c3cn[nH]c3)c(Cl)c2Cl)C2CCN(C)CC2)cc1.O=C=O. The number of carbonyl (C=O) groups excluding carboxylic acids is 3. The average Bonchev–Trinajstić information content (AvgIpc) is 3.41. The summed E-state index contributed by atoms with van der Waals surface area (Å²) in [4.78, 5) is 34.1. The second kappa shape index (κ2) is 13.4. The first-order chi connectivity index (χ1) is 17.7. The number of aromatic amines is 1. The fraction of sp³-hybridized carbons (Fsp3) is 0.370. The number of hydrogen-bond acceptors (Lipinski definition) is 5. The van der Waals surface area contributed by atoms with Crippen LogP contribution in [0.5, 0.6) is 0 Å². The molecule has 0 spiro atoms. The smallest absolute Gasteiger partial charge is 0.331 e. The highest BCUT2D eigenvalue weighted by Gasteiger charge is 2.28. The highest BCUT2D eigenvalue weighted by Crippen LogP contribution is 2.38. The van der Waals surface area contributed by atoms with Crippen LogP contribution in [0, 0.1) is 6.92 Å². The predicted molar refractivity (Wildman–Crippen MR) is 143 cm³/mol. The molecule has 0 saturated carbocycles. The van der Waals surface area contributed by atoms with Gasteiger partial charge in [0.15, 0.2) is 0 Å². The molecule has 0 radical (unpaired) electrons. The molecule has 8 nitrogen and oxygen atoms in total. The molecular formula is C27H31Cl2N5O3. The van der Waals surface area contributed by atoms with E-state index in [1.165, 1.54) is 5.56 Å². The summed E-state index contributed by atoms with van der Waals surface area (Å²) in [6.45, 7) is 6.54. The summed E-state index contributed by atoms with van der Waals surface area (Å²) >= 11 is 13.2. The lowest BCUT2D eigenvalue weighted by atomic mass is 10.0. The number of H-pyrrole nitrogens is 1. The molecule has 1 fully saturated rings. The fourth-order valence-electron chi connectivity index (χ4n) is 4.43. The molecule has 196 valence electrons. The molecule has 3 aromatic rings. The van der Waals surface area contributed by atoms with Crippen LogP contribution in [0.25, 0.3) is 11.1 Å². The van der Waals surface area contributed by atoms with Crippen molar-refractivity contribution in [2.24, 2.45) is 0 Å². The van der Waals surface area contributed by atoms with Crippen LogP contribution in [-0.4, -0.2) is 58.4 Å². The molecule has 10 heteroatoms. The molecule has 1 aliphatic rings. The quantitative estimate of drug-likeness (QED) is 0.429. The van der Waals surface area contributed by atoms with Gasteiger partial charge in [0.2, 0.25) is 0 Å². The topological polar surface area (TPSA) is 98.4 Å². The van der Waals surface area contributed by atoms with E-state index in [-0.39, 0.29) is 24.3 Å². The zero-order valence-electron chi connectivity index (χ0n) is 21.1. The molecule has 1 aliphatic heterocycles. The van der Waals surface area contributed by atoms with E-state index in [0.717, 1.165) is 48.2 Å². The number of amides is 2. The van der Waals surface area contributed by atoms with Crippen LogP contribution in [0.15, 0.2) is 48.8 Å². The third kappa shape index (κ3) is 7.43. The molecule has 0 aliphatic carbocycles. The van der Waals surface area contributed by atoms with Gasteiger partial charge in [-0.15, -0.1) is 0 Å². The van der Waals surface area contributed by atoms with E-state index >= 15 is 0 Å². The fourth-order valence-corrected chi connectivity index (χ4v) is 5.04. The first-order valence-electron chi connectivity index (χ1n) is 12.0. The molecule has 37 heavy (non-hydrogen) atoms. The third-order valence-electron chi connectivity index (χ3n) is 6.59. The van der Waals surface area contributed by atoms with Crippen LogP contribution in [0.1, 0.15) is 42.5 Å². The first-order valence-corrected chi connectivity index (χ1v) is 12.8. The number of halogens is 2. The van der Waals surface area contributed by atoms with Gasteiger partial charge in [-0.05, 0) is 58.0 Å². The first kappa shape index (κ1) is 28.4. The van der Waals surface area contributed by atoms with E-state index < -0.39 is 0 Å². The zero-order chi connectivity index (χ0) is 26.9. The second-order valence-electron chi connectivity index (χ2n) is 9.22. The van der Waals surface area contributed by atoms with Crippen molar-refractivity contribution >= 4 is 35.4 Å². The van der Waals surface area contributed by atoms with E-state index in [1.54, 1.807) is 12.4 Å². The molecule has 2 N–H and O–H groups in total. The van der Waals surface area contributed by atoms with E-state index in [4.69, 9.17) is 32.8 Å². The van der Waals surface area contributed by atoms with E-state index in [1.807, 2.05) is 24.0 Å². The van der Waals surface area contributed by atoms with Crippen molar-refractivity contribution in [3.05, 3.63) is 75.5 Å². The van der Waals surface area contributed by atoms with Crippen LogP contribution in [0.2, 0.25) is 10.0 Å². The van der Waals surface area contributed by atoms with Crippen LogP contribution in [0.3, 0.4) is 0 Å². The Kier molecular flexibility index (Phi) is 10.3. The molecule has 2 heterocycles. The lowest BCUT2D eigenvalue weighted by Gasteiger charge is -2.38. The number of urea groups is 1. The number of benzene rings is 2. The summed E-state index contributed by atoms with van der Waals surface area (Å²) in [5.41, 5.74) is 4.78. The normalized spacial score (nSPS) is 14.7. The maximum atomic E-state index is 13.5. The monoisotopic (exact) mass is 543 g/mol. The molecule has 0 bridgehead atoms. The van der Waals surface area contributed by atoms with Crippen LogP contribution < -0.4 is 5.32 Å². The van der Waals surface area contributed by atoms with Crippen LogP contribution in [0.4, 0.5) is 4.79 Å². The third-order valence-corrected chi connectivity index (χ3v) is 7.49. The minimum absolute atomic E-state index is 0.0891. The van der Waals surface area contributed by atoms with E-state index in [9.17, 15) is 4.79 Å². The Morgan fingerprint density at radius 1 is 1.16 bits per heavy atom. The molecule has 4 rings (SSSR count). The summed E-state index contributed by atoms with van der Waals surface area (Å²) in [6, 6.07) is 12.0. The number of hydrogen-bond donors (Lipinski definition) is 2. The number of carbonyl (C=O) groups is 1. The minimum Gasteiger partial charge on any atom is -0.331 e. The van der Waals surface area contributed by atoms with Gasteiger partial charge in [0.25, 0.3) is 0 Å². The number of likely N-dealkylation sites (tertiary alicyclic amines) is 1. The highest BCUT2D eigenvalue weighted by atomic mass is 35.5. The van der Waals surface area contributed by atoms with Crippen molar-refractivity contribution in [2.45, 2.75) is 45.3 Å². The van der Waals surface area contributed by atoms with Gasteiger partial charge in [-0.25, -0.2) is 4.79 Å². The minimum atomic E-state index is -0.303. The van der Waals surface area contributed by atoms with Gasteiger partial charge >= 0.3 is 12.2 Å². The number of nitrogens with one attached hydrogen (secondary N) is 2. The summed E-state index contributed by atoms with van der Waals surface area (Å²) in [7, 11) is 2.13. The average molecular weight is 544 g/mol. The van der Waals surface area contributed by atoms with Crippen molar-refractivity contribution in [3.8, 4) is 11.1 Å². The lowest BCUT2D eigenvalue weighted by Crippen LogP contribution is -2.50. The van der Waals surface area contributed by atoms with Crippen molar-refractivity contribution in [2.75, 3.05) is 20.1 Å². The van der Waals surface area contributed by atoms with Gasteiger partial charge in [-0.3, -0.25) is 5.10 Å². The molecule has 1 atom stereocenters. The zero-order valence-corrected chi connectivity index (χ0v) is 22.6. The number of piperidine rings is 1. The van der Waals surface area contributed by atoms with Gasteiger partial charge < -0.3 is 15.1 Å². The molecule has 1 unspecified atom stereocenters. The predicted octanol–water partition coefficient (Wildman–Crippen LogP) is 5.48. The van der Waals surface area contributed by atoms with Crippen molar-refractivity contribution in [1.82, 2.24) is 25.3 Å². The molecule has 1 aromatic heterocycles. The van der Waals surface area contributed by atoms with Gasteiger partial charge in [0.05, 0.1) is 22.3 Å². The lowest BCUT2D eigenvalue weighted by molar-refractivity contribution is -0.191. The Hall–Kier alpha value is -3.16. The van der Waals surface area contributed by atoms with Crippen molar-refractivity contribution < 1.29 is 14.4 Å². The summed E-state index contributed by atoms with van der Waals surface area (Å²) in [6.07, 6.45) is 5.63. The van der Waals surface area contributed by atoms with Crippen molar-refractivity contribution in [1.29, 1.82) is 0 Å². The Bertz CT molecular complexity index is 1200. The number of aromatic nitrogens is 2. The second-order valence-corrected chi connectivity index (χ2v) is 9.98. The Morgan fingerprint density at radius 3 is 2.41 bits per heavy atom. The van der Waals surface area contributed by atoms with Gasteiger partial charge in [-0.1, -0.05) is 65.2 Å². The Morgan fingerprint density at radius 2 is 1.81 bits per heavy atom. The highest BCUT2D eigenvalue weighted by molar-refractivity contribution is 6.44. The van der Waals surface area contributed by atoms with Crippen LogP contribution >= 0.6 is 23.2 Å². The maximum Gasteiger partial charge on any atom is 0.373 e. The number of rotatable bonds is 6. The molecular weight excluding hydrogens is 513 g/mol. The van der Waals surface area contributed by atoms with Gasteiger partial charge in [0.1, 0.15) is 0 Å². The van der Waals surface area contributed by atoms with Gasteiger partial charge in [0, 0.05) is 29.9 Å². The summed E-state index contributed by atoms with van der Waals surface area (Å²) in [5, 5.41) is 10.8. The molecule has 2 amide bonds.